The van der Waals surface area contributed by atoms with E-state index in [4.69, 9.17) is 23.2 Å². The fourth-order valence-electron chi connectivity index (χ4n) is 2.44. The van der Waals surface area contributed by atoms with Gasteiger partial charge in [0.1, 0.15) is 11.3 Å². The molecule has 0 saturated carbocycles. The van der Waals surface area contributed by atoms with E-state index >= 15 is 0 Å². The normalized spacial score (nSPS) is 11.3. The molecule has 0 aliphatic heterocycles. The molecule has 0 aliphatic carbocycles. The molecule has 1 heterocycles. The number of nitrogens with zero attached hydrogens (tertiary/aromatic N) is 3. The topological polar surface area (TPSA) is 36.4 Å². The minimum absolute atomic E-state index is 0.263. The predicted molar refractivity (Wildman–Crippen MR) is 106 cm³/mol. The number of rotatable bonds is 5. The summed E-state index contributed by atoms with van der Waals surface area (Å²) in [7, 11) is 3.83. The van der Waals surface area contributed by atoms with Gasteiger partial charge in [-0.05, 0) is 44.4 Å². The number of para-hydroxylation sites is 1. The van der Waals surface area contributed by atoms with Crippen molar-refractivity contribution in [3.8, 4) is 0 Å². The second-order valence-corrected chi connectivity index (χ2v) is 7.88. The van der Waals surface area contributed by atoms with Gasteiger partial charge in [-0.3, -0.25) is 9.69 Å². The van der Waals surface area contributed by atoms with Gasteiger partial charge in [-0.1, -0.05) is 40.6 Å². The van der Waals surface area contributed by atoms with E-state index in [1.54, 1.807) is 30.3 Å². The van der Waals surface area contributed by atoms with E-state index in [2.05, 4.69) is 4.98 Å². The van der Waals surface area contributed by atoms with Gasteiger partial charge in [-0.2, -0.15) is 0 Å². The van der Waals surface area contributed by atoms with Crippen molar-refractivity contribution in [1.29, 1.82) is 0 Å². The van der Waals surface area contributed by atoms with Crippen LogP contribution in [0.1, 0.15) is 10.4 Å². The Morgan fingerprint density at radius 3 is 2.46 bits per heavy atom. The number of halogens is 3. The molecule has 8 heteroatoms. The molecule has 0 saturated heterocycles. The average Bonchev–Trinajstić information content (AvgIpc) is 2.99. The van der Waals surface area contributed by atoms with E-state index in [-0.39, 0.29) is 11.4 Å². The van der Waals surface area contributed by atoms with Gasteiger partial charge in [0.15, 0.2) is 5.13 Å². The van der Waals surface area contributed by atoms with E-state index in [1.165, 1.54) is 22.3 Å². The number of benzene rings is 2. The summed E-state index contributed by atoms with van der Waals surface area (Å²) in [5.74, 6) is -0.688. The van der Waals surface area contributed by atoms with Crippen LogP contribution in [0, 0.1) is 5.82 Å². The van der Waals surface area contributed by atoms with Gasteiger partial charge >= 0.3 is 0 Å². The molecular weight excluding hydrogens is 396 g/mol. The lowest BCUT2D eigenvalue weighted by molar-refractivity contribution is 0.0985. The molecule has 0 spiro atoms. The highest BCUT2D eigenvalue weighted by Gasteiger charge is 2.22. The predicted octanol–water partition coefficient (Wildman–Crippen LogP) is 4.95. The zero-order valence-corrected chi connectivity index (χ0v) is 16.5. The molecule has 0 aliphatic rings. The molecule has 0 fully saturated rings. The van der Waals surface area contributed by atoms with Gasteiger partial charge in [0.05, 0.1) is 4.70 Å². The van der Waals surface area contributed by atoms with Crippen LogP contribution in [-0.4, -0.2) is 43.0 Å². The van der Waals surface area contributed by atoms with Crippen LogP contribution in [0.25, 0.3) is 10.2 Å². The van der Waals surface area contributed by atoms with Crippen molar-refractivity contribution in [2.75, 3.05) is 32.1 Å². The van der Waals surface area contributed by atoms with Crippen molar-refractivity contribution in [2.45, 2.75) is 0 Å². The lowest BCUT2D eigenvalue weighted by atomic mass is 10.2. The van der Waals surface area contributed by atoms with E-state index < -0.39 is 5.82 Å². The van der Waals surface area contributed by atoms with Crippen LogP contribution in [0.2, 0.25) is 10.0 Å². The maximum Gasteiger partial charge on any atom is 0.260 e. The van der Waals surface area contributed by atoms with Crippen molar-refractivity contribution in [3.63, 3.8) is 0 Å². The first-order valence-electron chi connectivity index (χ1n) is 7.83. The first-order chi connectivity index (χ1) is 12.3. The number of hydrogen-bond donors (Lipinski definition) is 0. The van der Waals surface area contributed by atoms with Crippen LogP contribution in [0.4, 0.5) is 9.52 Å². The van der Waals surface area contributed by atoms with E-state index in [0.29, 0.717) is 38.5 Å². The van der Waals surface area contributed by atoms with Gasteiger partial charge in [0.25, 0.3) is 5.91 Å². The van der Waals surface area contributed by atoms with Crippen LogP contribution in [0.15, 0.2) is 36.4 Å². The highest BCUT2D eigenvalue weighted by molar-refractivity contribution is 7.22. The Bertz CT molecular complexity index is 941. The summed E-state index contributed by atoms with van der Waals surface area (Å²) in [5.41, 5.74) is 0.625. The molecule has 26 heavy (non-hydrogen) atoms. The third-order valence-electron chi connectivity index (χ3n) is 3.71. The number of anilines is 1. The largest absolute Gasteiger partial charge is 0.308 e. The standard InChI is InChI=1S/C18H16Cl2FN3OS/c1-23(2)6-7-24(17(25)11-8-12(19)10-13(20)9-11)18-22-16-14(21)4-3-5-15(16)26-18/h3-5,8-10H,6-7H2,1-2H3. The minimum atomic E-state index is -0.407. The molecule has 0 unspecified atom stereocenters. The number of aromatic nitrogens is 1. The number of thiazole rings is 1. The molecule has 1 amide bonds. The molecule has 0 bridgehead atoms. The summed E-state index contributed by atoms with van der Waals surface area (Å²) in [4.78, 5) is 20.9. The van der Waals surface area contributed by atoms with Crippen LogP contribution < -0.4 is 4.90 Å². The fourth-order valence-corrected chi connectivity index (χ4v) is 3.97. The molecule has 1 aromatic heterocycles. The molecular formula is C18H16Cl2FN3OS. The summed E-state index contributed by atoms with van der Waals surface area (Å²) < 4.78 is 14.7. The molecule has 3 aromatic rings. The number of likely N-dealkylation sites (N-methyl/N-ethyl adjacent to an activating group) is 1. The highest BCUT2D eigenvalue weighted by Crippen LogP contribution is 2.31. The lowest BCUT2D eigenvalue weighted by Gasteiger charge is -2.22. The van der Waals surface area contributed by atoms with Gasteiger partial charge < -0.3 is 4.90 Å². The number of hydrogen-bond acceptors (Lipinski definition) is 4. The van der Waals surface area contributed by atoms with Gasteiger partial charge in [-0.15, -0.1) is 0 Å². The van der Waals surface area contributed by atoms with Gasteiger partial charge in [-0.25, -0.2) is 9.37 Å². The Balaban J connectivity index is 2.03. The molecule has 136 valence electrons. The van der Waals surface area contributed by atoms with Gasteiger partial charge in [0, 0.05) is 28.7 Å². The van der Waals surface area contributed by atoms with Gasteiger partial charge in [0.2, 0.25) is 0 Å². The van der Waals surface area contributed by atoms with E-state index in [9.17, 15) is 9.18 Å². The average molecular weight is 412 g/mol. The summed E-state index contributed by atoms with van der Waals surface area (Å²) in [5, 5.41) is 1.19. The maximum absolute atomic E-state index is 14.0. The maximum atomic E-state index is 14.0. The minimum Gasteiger partial charge on any atom is -0.308 e. The van der Waals surface area contributed by atoms with Crippen LogP contribution in [-0.2, 0) is 0 Å². The zero-order valence-electron chi connectivity index (χ0n) is 14.2. The Labute approximate surface area is 164 Å². The quantitative estimate of drug-likeness (QED) is 0.595. The fraction of sp³-hybridized carbons (Fsp3) is 0.222. The smallest absolute Gasteiger partial charge is 0.260 e. The number of carbonyl (C=O) groups excluding carboxylic acids is 1. The molecule has 3 rings (SSSR count). The van der Waals surface area contributed by atoms with Crippen LogP contribution in [0.5, 0.6) is 0 Å². The lowest BCUT2D eigenvalue weighted by Crippen LogP contribution is -2.36. The van der Waals surface area contributed by atoms with Crippen molar-refractivity contribution in [1.82, 2.24) is 9.88 Å². The van der Waals surface area contributed by atoms with Crippen LogP contribution in [0.3, 0.4) is 0 Å². The summed E-state index contributed by atoms with van der Waals surface area (Å²) in [6.07, 6.45) is 0. The van der Waals surface area contributed by atoms with Crippen molar-refractivity contribution < 1.29 is 9.18 Å². The van der Waals surface area contributed by atoms with Crippen LogP contribution >= 0.6 is 34.5 Å². The summed E-state index contributed by atoms with van der Waals surface area (Å²) in [6.45, 7) is 1.02. The molecule has 0 radical (unpaired) electrons. The zero-order chi connectivity index (χ0) is 18.8. The third-order valence-corrected chi connectivity index (χ3v) is 5.19. The van der Waals surface area contributed by atoms with Crippen molar-refractivity contribution >= 4 is 55.8 Å². The Morgan fingerprint density at radius 2 is 1.85 bits per heavy atom. The SMILES string of the molecule is CN(C)CCN(C(=O)c1cc(Cl)cc(Cl)c1)c1nc2c(F)cccc2s1. The first-order valence-corrected chi connectivity index (χ1v) is 9.40. The van der Waals surface area contributed by atoms with E-state index in [1.807, 2.05) is 19.0 Å². The first kappa shape index (κ1) is 19.0. The molecule has 4 nitrogen and oxygen atoms in total. The Morgan fingerprint density at radius 1 is 1.15 bits per heavy atom. The van der Waals surface area contributed by atoms with E-state index in [0.717, 1.165) is 0 Å². The Hall–Kier alpha value is -1.73. The third kappa shape index (κ3) is 4.15. The molecule has 2 aromatic carbocycles. The highest BCUT2D eigenvalue weighted by atomic mass is 35.5. The molecule has 0 N–H and O–H groups in total. The molecule has 0 atom stereocenters. The summed E-state index contributed by atoms with van der Waals surface area (Å²) >= 11 is 13.3. The van der Waals surface area contributed by atoms with Crippen molar-refractivity contribution in [3.05, 3.63) is 57.8 Å². The Kier molecular flexibility index (Phi) is 5.77. The summed E-state index contributed by atoms with van der Waals surface area (Å²) in [6, 6.07) is 9.46. The van der Waals surface area contributed by atoms with Crippen molar-refractivity contribution in [2.24, 2.45) is 0 Å². The second kappa shape index (κ2) is 7.88. The number of amides is 1. The number of carbonyl (C=O) groups is 1. The monoisotopic (exact) mass is 411 g/mol. The number of fused-ring (bicyclic) bond motifs is 1. The second-order valence-electron chi connectivity index (χ2n) is 6.00.